The van der Waals surface area contributed by atoms with E-state index in [1.165, 1.54) is 23.5 Å². The molecule has 0 amide bonds. The van der Waals surface area contributed by atoms with Crippen molar-refractivity contribution in [2.24, 2.45) is 5.73 Å². The summed E-state index contributed by atoms with van der Waals surface area (Å²) in [5.41, 5.74) is 6.07. The highest BCUT2D eigenvalue weighted by molar-refractivity contribution is 7.13. The van der Waals surface area contributed by atoms with Crippen LogP contribution in [0, 0.1) is 11.3 Å². The molecule has 114 valence electrons. The molecule has 0 aliphatic rings. The molecule has 0 saturated heterocycles. The Balaban J connectivity index is 2.25. The van der Waals surface area contributed by atoms with Crippen molar-refractivity contribution in [2.45, 2.75) is 13.1 Å². The van der Waals surface area contributed by atoms with E-state index < -0.39 is 11.7 Å². The van der Waals surface area contributed by atoms with E-state index in [9.17, 15) is 13.2 Å². The fourth-order valence-electron chi connectivity index (χ4n) is 1.69. The number of halogens is 3. The van der Waals surface area contributed by atoms with Crippen molar-refractivity contribution >= 4 is 27.7 Å². The Kier molecular flexibility index (Phi) is 4.37. The predicted molar refractivity (Wildman–Crippen MR) is 79.2 cm³/mol. The van der Waals surface area contributed by atoms with E-state index >= 15 is 0 Å². The summed E-state index contributed by atoms with van der Waals surface area (Å²) in [6.07, 6.45) is -4.40. The van der Waals surface area contributed by atoms with Crippen LogP contribution in [0.15, 0.2) is 35.3 Å². The zero-order valence-electron chi connectivity index (χ0n) is 11.4. The van der Waals surface area contributed by atoms with Crippen molar-refractivity contribution in [3.63, 3.8) is 0 Å². The summed E-state index contributed by atoms with van der Waals surface area (Å²) in [5.74, 6) is 0. The predicted octanol–water partition coefficient (Wildman–Crippen LogP) is 4.12. The minimum Gasteiger partial charge on any atom is -0.401 e. The average Bonchev–Trinajstić information content (AvgIpc) is 2.86. The SMILES string of the molecule is C/C(N)=C(/C#N)c1csc(Nc2cccc(C(F)(F)F)c2)n1. The van der Waals surface area contributed by atoms with Gasteiger partial charge in [0, 0.05) is 16.8 Å². The summed E-state index contributed by atoms with van der Waals surface area (Å²) in [6, 6.07) is 6.75. The number of nitriles is 1. The second kappa shape index (κ2) is 6.07. The molecule has 0 bridgehead atoms. The molecule has 2 aromatic rings. The smallest absolute Gasteiger partial charge is 0.401 e. The molecule has 0 spiro atoms. The molecule has 3 N–H and O–H groups in total. The van der Waals surface area contributed by atoms with Crippen LogP contribution in [-0.2, 0) is 6.18 Å². The number of nitrogens with two attached hydrogens (primary N) is 1. The second-order valence-corrected chi connectivity index (χ2v) is 5.27. The van der Waals surface area contributed by atoms with Gasteiger partial charge in [-0.05, 0) is 25.1 Å². The number of nitrogens with zero attached hydrogens (tertiary/aromatic N) is 2. The number of hydrogen-bond acceptors (Lipinski definition) is 5. The monoisotopic (exact) mass is 324 g/mol. The van der Waals surface area contributed by atoms with Gasteiger partial charge in [-0.3, -0.25) is 0 Å². The van der Waals surface area contributed by atoms with Gasteiger partial charge in [-0.1, -0.05) is 6.07 Å². The van der Waals surface area contributed by atoms with Gasteiger partial charge in [0.05, 0.1) is 16.8 Å². The number of benzene rings is 1. The number of rotatable bonds is 3. The van der Waals surface area contributed by atoms with Gasteiger partial charge in [0.2, 0.25) is 0 Å². The van der Waals surface area contributed by atoms with Gasteiger partial charge >= 0.3 is 6.18 Å². The third kappa shape index (κ3) is 3.56. The Morgan fingerprint density at radius 2 is 2.14 bits per heavy atom. The van der Waals surface area contributed by atoms with Crippen molar-refractivity contribution in [3.05, 3.63) is 46.6 Å². The Morgan fingerprint density at radius 3 is 2.73 bits per heavy atom. The van der Waals surface area contributed by atoms with Crippen molar-refractivity contribution in [3.8, 4) is 6.07 Å². The lowest BCUT2D eigenvalue weighted by Crippen LogP contribution is -2.05. The molecule has 1 aromatic heterocycles. The first kappa shape index (κ1) is 15.9. The zero-order valence-corrected chi connectivity index (χ0v) is 12.2. The van der Waals surface area contributed by atoms with E-state index in [0.29, 0.717) is 16.5 Å². The standard InChI is InChI=1S/C14H11F3N4S/c1-8(19)11(6-18)12-7-22-13(21-12)20-10-4-2-3-9(5-10)14(15,16)17/h2-5,7H,19H2,1H3,(H,20,21)/b11-8+. The quantitative estimate of drug-likeness (QED) is 0.833. The van der Waals surface area contributed by atoms with Gasteiger partial charge in [-0.25, -0.2) is 4.98 Å². The van der Waals surface area contributed by atoms with Crippen molar-refractivity contribution in [1.29, 1.82) is 5.26 Å². The Labute approximate surface area is 128 Å². The van der Waals surface area contributed by atoms with Gasteiger partial charge < -0.3 is 11.1 Å². The Morgan fingerprint density at radius 1 is 1.41 bits per heavy atom. The van der Waals surface area contributed by atoms with Crippen molar-refractivity contribution < 1.29 is 13.2 Å². The van der Waals surface area contributed by atoms with Crippen LogP contribution in [0.2, 0.25) is 0 Å². The van der Waals surface area contributed by atoms with Crippen LogP contribution in [0.3, 0.4) is 0 Å². The van der Waals surface area contributed by atoms with Gasteiger partial charge in [0.1, 0.15) is 6.07 Å². The second-order valence-electron chi connectivity index (χ2n) is 4.41. The highest BCUT2D eigenvalue weighted by Crippen LogP contribution is 2.32. The minimum absolute atomic E-state index is 0.244. The van der Waals surface area contributed by atoms with E-state index in [2.05, 4.69) is 10.3 Å². The topological polar surface area (TPSA) is 74.7 Å². The molecular formula is C14H11F3N4S. The van der Waals surface area contributed by atoms with E-state index in [1.54, 1.807) is 12.3 Å². The van der Waals surface area contributed by atoms with Gasteiger partial charge in [0.25, 0.3) is 0 Å². The number of aromatic nitrogens is 1. The molecule has 0 aliphatic heterocycles. The number of allylic oxidation sites excluding steroid dienone is 2. The Bertz CT molecular complexity index is 752. The lowest BCUT2D eigenvalue weighted by molar-refractivity contribution is -0.137. The average molecular weight is 324 g/mol. The fraction of sp³-hybridized carbons (Fsp3) is 0.143. The van der Waals surface area contributed by atoms with Crippen LogP contribution >= 0.6 is 11.3 Å². The molecular weight excluding hydrogens is 313 g/mol. The molecule has 8 heteroatoms. The molecule has 2 rings (SSSR count). The maximum atomic E-state index is 12.7. The number of nitrogens with one attached hydrogen (secondary N) is 1. The summed E-state index contributed by atoms with van der Waals surface area (Å²) in [7, 11) is 0. The largest absolute Gasteiger partial charge is 0.416 e. The summed E-state index contributed by atoms with van der Waals surface area (Å²) >= 11 is 1.17. The summed E-state index contributed by atoms with van der Waals surface area (Å²) in [4.78, 5) is 4.16. The van der Waals surface area contributed by atoms with Crippen LogP contribution in [0.25, 0.3) is 5.57 Å². The third-order valence-corrected chi connectivity index (χ3v) is 3.47. The molecule has 0 unspecified atom stereocenters. The first-order valence-corrected chi connectivity index (χ1v) is 6.96. The number of anilines is 2. The lowest BCUT2D eigenvalue weighted by Gasteiger charge is -2.08. The first-order chi connectivity index (χ1) is 10.3. The lowest BCUT2D eigenvalue weighted by atomic mass is 10.2. The number of hydrogen-bond donors (Lipinski definition) is 2. The molecule has 0 fully saturated rings. The molecule has 22 heavy (non-hydrogen) atoms. The molecule has 0 radical (unpaired) electrons. The molecule has 0 saturated carbocycles. The van der Waals surface area contributed by atoms with Gasteiger partial charge in [-0.15, -0.1) is 11.3 Å². The van der Waals surface area contributed by atoms with E-state index in [-0.39, 0.29) is 11.3 Å². The number of thiazole rings is 1. The normalized spacial score (nSPS) is 12.5. The van der Waals surface area contributed by atoms with E-state index in [0.717, 1.165) is 12.1 Å². The van der Waals surface area contributed by atoms with Gasteiger partial charge in [-0.2, -0.15) is 18.4 Å². The van der Waals surface area contributed by atoms with Crippen molar-refractivity contribution in [2.75, 3.05) is 5.32 Å². The molecule has 0 atom stereocenters. The zero-order chi connectivity index (χ0) is 16.3. The fourth-order valence-corrected chi connectivity index (χ4v) is 2.41. The maximum absolute atomic E-state index is 12.7. The first-order valence-electron chi connectivity index (χ1n) is 6.08. The van der Waals surface area contributed by atoms with E-state index in [1.807, 2.05) is 6.07 Å². The molecule has 1 heterocycles. The molecule has 0 aliphatic carbocycles. The minimum atomic E-state index is -4.40. The summed E-state index contributed by atoms with van der Waals surface area (Å²) in [5, 5.41) is 13.8. The van der Waals surface area contributed by atoms with Crippen molar-refractivity contribution in [1.82, 2.24) is 4.98 Å². The van der Waals surface area contributed by atoms with Gasteiger partial charge in [0.15, 0.2) is 5.13 Å². The third-order valence-electron chi connectivity index (χ3n) is 2.71. The van der Waals surface area contributed by atoms with Crippen LogP contribution in [-0.4, -0.2) is 4.98 Å². The number of alkyl halides is 3. The highest BCUT2D eigenvalue weighted by Gasteiger charge is 2.30. The molecule has 1 aromatic carbocycles. The van der Waals surface area contributed by atoms with Crippen LogP contribution in [0.4, 0.5) is 24.0 Å². The summed E-state index contributed by atoms with van der Waals surface area (Å²) in [6.45, 7) is 1.58. The molecule has 4 nitrogen and oxygen atoms in total. The summed E-state index contributed by atoms with van der Waals surface area (Å²) < 4.78 is 38.0. The van der Waals surface area contributed by atoms with Crippen LogP contribution in [0.1, 0.15) is 18.2 Å². The van der Waals surface area contributed by atoms with E-state index in [4.69, 9.17) is 11.0 Å². The van der Waals surface area contributed by atoms with Crippen LogP contribution in [0.5, 0.6) is 0 Å². The van der Waals surface area contributed by atoms with Crippen LogP contribution < -0.4 is 11.1 Å². The Hall–Kier alpha value is -2.53. The maximum Gasteiger partial charge on any atom is 0.416 e. The highest BCUT2D eigenvalue weighted by atomic mass is 32.1.